The van der Waals surface area contributed by atoms with Gasteiger partial charge in [0.2, 0.25) is 0 Å². The standard InChI is InChI=1S/C11H13F3OS/c1-3-16-10(11(12,13)14)8-6-4-5-7-9(8)15-2/h4-7,10H,3H2,1-2H3. The zero-order valence-electron chi connectivity index (χ0n) is 9.04. The molecule has 0 aliphatic rings. The lowest BCUT2D eigenvalue weighted by Crippen LogP contribution is -2.18. The van der Waals surface area contributed by atoms with E-state index in [9.17, 15) is 13.2 Å². The van der Waals surface area contributed by atoms with Crippen LogP contribution in [-0.2, 0) is 0 Å². The van der Waals surface area contributed by atoms with Crippen molar-refractivity contribution >= 4 is 11.8 Å². The summed E-state index contributed by atoms with van der Waals surface area (Å²) < 4.78 is 43.5. The normalized spacial score (nSPS) is 13.6. The van der Waals surface area contributed by atoms with E-state index in [0.717, 1.165) is 11.8 Å². The molecule has 16 heavy (non-hydrogen) atoms. The van der Waals surface area contributed by atoms with Gasteiger partial charge >= 0.3 is 6.18 Å². The molecular weight excluding hydrogens is 237 g/mol. The van der Waals surface area contributed by atoms with Crippen LogP contribution < -0.4 is 4.74 Å². The third kappa shape index (κ3) is 3.07. The van der Waals surface area contributed by atoms with Gasteiger partial charge in [0.1, 0.15) is 11.0 Å². The lowest BCUT2D eigenvalue weighted by Gasteiger charge is -2.21. The van der Waals surface area contributed by atoms with Gasteiger partial charge in [-0.3, -0.25) is 0 Å². The van der Waals surface area contributed by atoms with E-state index in [1.165, 1.54) is 13.2 Å². The zero-order valence-corrected chi connectivity index (χ0v) is 9.86. The summed E-state index contributed by atoms with van der Waals surface area (Å²) in [7, 11) is 1.38. The van der Waals surface area contributed by atoms with Gasteiger partial charge in [-0.05, 0) is 11.8 Å². The van der Waals surface area contributed by atoms with Crippen LogP contribution in [0.5, 0.6) is 5.75 Å². The van der Waals surface area contributed by atoms with Crippen molar-refractivity contribution in [3.8, 4) is 5.75 Å². The first-order valence-electron chi connectivity index (χ1n) is 4.82. The number of ether oxygens (including phenoxy) is 1. The predicted octanol–water partition coefficient (Wildman–Crippen LogP) is 4.05. The fourth-order valence-corrected chi connectivity index (χ4v) is 2.31. The highest BCUT2D eigenvalue weighted by Gasteiger charge is 2.42. The number of hydrogen-bond acceptors (Lipinski definition) is 2. The molecule has 1 aromatic rings. The minimum Gasteiger partial charge on any atom is -0.496 e. The number of methoxy groups -OCH3 is 1. The van der Waals surface area contributed by atoms with Gasteiger partial charge in [-0.1, -0.05) is 25.1 Å². The van der Waals surface area contributed by atoms with Crippen LogP contribution in [0.15, 0.2) is 24.3 Å². The molecule has 0 N–H and O–H groups in total. The number of alkyl halides is 3. The summed E-state index contributed by atoms with van der Waals surface area (Å²) in [5.41, 5.74) is 0.185. The Morgan fingerprint density at radius 2 is 1.94 bits per heavy atom. The molecule has 0 aliphatic carbocycles. The predicted molar refractivity (Wildman–Crippen MR) is 59.9 cm³/mol. The lowest BCUT2D eigenvalue weighted by atomic mass is 10.1. The monoisotopic (exact) mass is 250 g/mol. The largest absolute Gasteiger partial charge is 0.496 e. The van der Waals surface area contributed by atoms with Crippen LogP contribution in [0.1, 0.15) is 17.7 Å². The molecule has 0 spiro atoms. The van der Waals surface area contributed by atoms with Crippen LogP contribution in [0.3, 0.4) is 0 Å². The van der Waals surface area contributed by atoms with Crippen LogP contribution in [0.2, 0.25) is 0 Å². The van der Waals surface area contributed by atoms with E-state index >= 15 is 0 Å². The second-order valence-corrected chi connectivity index (χ2v) is 4.50. The van der Waals surface area contributed by atoms with Gasteiger partial charge in [0.15, 0.2) is 0 Å². The Morgan fingerprint density at radius 1 is 1.31 bits per heavy atom. The molecule has 0 amide bonds. The van der Waals surface area contributed by atoms with E-state index < -0.39 is 11.4 Å². The summed E-state index contributed by atoms with van der Waals surface area (Å²) in [6, 6.07) is 6.25. The van der Waals surface area contributed by atoms with E-state index in [-0.39, 0.29) is 11.3 Å². The fourth-order valence-electron chi connectivity index (χ4n) is 1.41. The van der Waals surface area contributed by atoms with Crippen molar-refractivity contribution in [2.45, 2.75) is 18.3 Å². The van der Waals surface area contributed by atoms with Gasteiger partial charge in [-0.25, -0.2) is 0 Å². The highest BCUT2D eigenvalue weighted by atomic mass is 32.2. The maximum atomic E-state index is 12.8. The third-order valence-corrected chi connectivity index (χ3v) is 3.24. The molecule has 1 rings (SSSR count). The molecule has 1 nitrogen and oxygen atoms in total. The van der Waals surface area contributed by atoms with Crippen molar-refractivity contribution in [2.75, 3.05) is 12.9 Å². The number of hydrogen-bond donors (Lipinski definition) is 0. The minimum absolute atomic E-state index is 0.185. The lowest BCUT2D eigenvalue weighted by molar-refractivity contribution is -0.130. The van der Waals surface area contributed by atoms with Gasteiger partial charge in [0.05, 0.1) is 7.11 Å². The maximum absolute atomic E-state index is 12.8. The van der Waals surface area contributed by atoms with Crippen molar-refractivity contribution in [3.63, 3.8) is 0 Å². The minimum atomic E-state index is -4.25. The molecule has 1 unspecified atom stereocenters. The van der Waals surface area contributed by atoms with Gasteiger partial charge in [0.25, 0.3) is 0 Å². The molecule has 5 heteroatoms. The Morgan fingerprint density at radius 3 is 2.44 bits per heavy atom. The van der Waals surface area contributed by atoms with Crippen molar-refractivity contribution in [3.05, 3.63) is 29.8 Å². The molecule has 1 atom stereocenters. The number of rotatable bonds is 4. The summed E-state index contributed by atoms with van der Waals surface area (Å²) in [6.45, 7) is 1.71. The summed E-state index contributed by atoms with van der Waals surface area (Å²) in [4.78, 5) is 0. The van der Waals surface area contributed by atoms with Crippen molar-refractivity contribution in [1.82, 2.24) is 0 Å². The summed E-state index contributed by atoms with van der Waals surface area (Å²) >= 11 is 0.861. The molecule has 90 valence electrons. The first-order chi connectivity index (χ1) is 7.50. The molecule has 0 saturated heterocycles. The smallest absolute Gasteiger partial charge is 0.404 e. The molecule has 0 aromatic heterocycles. The maximum Gasteiger partial charge on any atom is 0.404 e. The molecule has 0 saturated carbocycles. The fraction of sp³-hybridized carbons (Fsp3) is 0.455. The van der Waals surface area contributed by atoms with Crippen LogP contribution in [0.4, 0.5) is 13.2 Å². The highest BCUT2D eigenvalue weighted by Crippen LogP contribution is 2.46. The molecule has 0 fully saturated rings. The Balaban J connectivity index is 3.10. The Hall–Kier alpha value is -0.840. The SMILES string of the molecule is CCSC(c1ccccc1OC)C(F)(F)F. The van der Waals surface area contributed by atoms with Crippen LogP contribution in [0, 0.1) is 0 Å². The van der Waals surface area contributed by atoms with Crippen molar-refractivity contribution in [2.24, 2.45) is 0 Å². The highest BCUT2D eigenvalue weighted by molar-refractivity contribution is 7.99. The van der Waals surface area contributed by atoms with E-state index in [0.29, 0.717) is 5.75 Å². The molecule has 1 aromatic carbocycles. The molecular formula is C11H13F3OS. The molecule has 0 heterocycles. The van der Waals surface area contributed by atoms with Crippen LogP contribution in [0.25, 0.3) is 0 Å². The second-order valence-electron chi connectivity index (χ2n) is 3.12. The number of halogens is 3. The summed E-state index contributed by atoms with van der Waals surface area (Å²) in [5.74, 6) is 0.688. The van der Waals surface area contributed by atoms with Gasteiger partial charge in [-0.15, -0.1) is 11.8 Å². The number of benzene rings is 1. The zero-order chi connectivity index (χ0) is 12.2. The number of thioether (sulfide) groups is 1. The molecule has 0 bridgehead atoms. The number of para-hydroxylation sites is 1. The average molecular weight is 250 g/mol. The van der Waals surface area contributed by atoms with Gasteiger partial charge in [0, 0.05) is 5.56 Å². The average Bonchev–Trinajstić information content (AvgIpc) is 2.24. The van der Waals surface area contributed by atoms with Gasteiger partial charge < -0.3 is 4.74 Å². The first kappa shape index (κ1) is 13.2. The first-order valence-corrected chi connectivity index (χ1v) is 5.86. The topological polar surface area (TPSA) is 9.23 Å². The quantitative estimate of drug-likeness (QED) is 0.797. The van der Waals surface area contributed by atoms with Crippen molar-refractivity contribution < 1.29 is 17.9 Å². The Bertz CT molecular complexity index is 338. The van der Waals surface area contributed by atoms with Crippen LogP contribution >= 0.6 is 11.8 Å². The Kier molecular flexibility index (Phi) is 4.53. The summed E-state index contributed by atoms with van der Waals surface area (Å²) in [5, 5.41) is -1.52. The van der Waals surface area contributed by atoms with E-state index in [1.807, 2.05) is 0 Å². The van der Waals surface area contributed by atoms with E-state index in [1.54, 1.807) is 25.1 Å². The van der Waals surface area contributed by atoms with E-state index in [4.69, 9.17) is 4.74 Å². The van der Waals surface area contributed by atoms with E-state index in [2.05, 4.69) is 0 Å². The van der Waals surface area contributed by atoms with Crippen molar-refractivity contribution in [1.29, 1.82) is 0 Å². The third-order valence-electron chi connectivity index (χ3n) is 2.05. The van der Waals surface area contributed by atoms with Crippen LogP contribution in [-0.4, -0.2) is 19.0 Å². The molecule has 0 radical (unpaired) electrons. The second kappa shape index (κ2) is 5.48. The van der Waals surface area contributed by atoms with Gasteiger partial charge in [-0.2, -0.15) is 13.2 Å². The molecule has 0 aliphatic heterocycles. The summed E-state index contributed by atoms with van der Waals surface area (Å²) in [6.07, 6.45) is -4.25. The Labute approximate surface area is 97.0 Å².